The Hall–Kier alpha value is -2.33. The van der Waals surface area contributed by atoms with Crippen molar-refractivity contribution in [3.63, 3.8) is 0 Å². The standard InChI is InChI=1S/C14H18N4O2S/c1-19-12-7-5-6-11(10-17-18-14(16)21)13(12)20-9-4-2-3-8-15/h5-7,10H,2-4,9H2,1H3,(H3,16,18,21). The summed E-state index contributed by atoms with van der Waals surface area (Å²) in [6.45, 7) is 0.506. The average Bonchev–Trinajstić information content (AvgIpc) is 2.47. The molecule has 0 aliphatic rings. The highest BCUT2D eigenvalue weighted by Gasteiger charge is 2.09. The molecular formula is C14H18N4O2S. The number of benzene rings is 1. The lowest BCUT2D eigenvalue weighted by Gasteiger charge is -2.12. The van der Waals surface area contributed by atoms with E-state index < -0.39 is 0 Å². The summed E-state index contributed by atoms with van der Waals surface area (Å²) < 4.78 is 11.0. The maximum Gasteiger partial charge on any atom is 0.184 e. The molecule has 0 aliphatic carbocycles. The number of para-hydroxylation sites is 1. The Labute approximate surface area is 129 Å². The van der Waals surface area contributed by atoms with Crippen molar-refractivity contribution in [1.82, 2.24) is 5.43 Å². The smallest absolute Gasteiger partial charge is 0.184 e. The molecular weight excluding hydrogens is 288 g/mol. The van der Waals surface area contributed by atoms with Gasteiger partial charge in [0.2, 0.25) is 0 Å². The van der Waals surface area contributed by atoms with Crippen LogP contribution in [0.3, 0.4) is 0 Å². The number of thiocarbonyl (C=S) groups is 1. The first-order chi connectivity index (χ1) is 10.2. The van der Waals surface area contributed by atoms with Crippen LogP contribution in [0.4, 0.5) is 0 Å². The van der Waals surface area contributed by atoms with E-state index in [9.17, 15) is 0 Å². The number of methoxy groups -OCH3 is 1. The second kappa shape index (κ2) is 9.55. The molecule has 0 unspecified atom stereocenters. The van der Waals surface area contributed by atoms with Crippen molar-refractivity contribution in [2.75, 3.05) is 13.7 Å². The van der Waals surface area contributed by atoms with Gasteiger partial charge in [-0.3, -0.25) is 5.43 Å². The van der Waals surface area contributed by atoms with Crippen LogP contribution in [0.25, 0.3) is 0 Å². The first-order valence-corrected chi connectivity index (χ1v) is 6.85. The van der Waals surface area contributed by atoms with E-state index >= 15 is 0 Å². The molecule has 0 spiro atoms. The van der Waals surface area contributed by atoms with Gasteiger partial charge in [0, 0.05) is 12.0 Å². The Bertz CT molecular complexity index is 540. The van der Waals surface area contributed by atoms with Crippen LogP contribution in [0.2, 0.25) is 0 Å². The number of hydrogen-bond donors (Lipinski definition) is 2. The molecule has 6 nitrogen and oxygen atoms in total. The molecule has 0 amide bonds. The molecule has 0 bridgehead atoms. The summed E-state index contributed by atoms with van der Waals surface area (Å²) >= 11 is 4.67. The number of hydrazone groups is 1. The molecule has 0 aliphatic heterocycles. The topological polar surface area (TPSA) is 92.7 Å². The minimum absolute atomic E-state index is 0.0908. The lowest BCUT2D eigenvalue weighted by molar-refractivity contribution is 0.286. The van der Waals surface area contributed by atoms with Gasteiger partial charge in [0.1, 0.15) is 0 Å². The summed E-state index contributed by atoms with van der Waals surface area (Å²) in [4.78, 5) is 0. The van der Waals surface area contributed by atoms with E-state index in [4.69, 9.17) is 20.5 Å². The van der Waals surface area contributed by atoms with Crippen molar-refractivity contribution >= 4 is 23.5 Å². The Kier molecular flexibility index (Phi) is 7.61. The maximum atomic E-state index is 8.49. The van der Waals surface area contributed by atoms with Crippen molar-refractivity contribution in [2.24, 2.45) is 10.8 Å². The van der Waals surface area contributed by atoms with Gasteiger partial charge in [0.15, 0.2) is 16.6 Å². The number of nitriles is 1. The zero-order chi connectivity index (χ0) is 15.5. The largest absolute Gasteiger partial charge is 0.493 e. The molecule has 0 saturated carbocycles. The molecule has 1 aromatic carbocycles. The molecule has 0 atom stereocenters. The van der Waals surface area contributed by atoms with Crippen molar-refractivity contribution in [1.29, 1.82) is 5.26 Å². The third kappa shape index (κ3) is 6.10. The van der Waals surface area contributed by atoms with Crippen molar-refractivity contribution in [3.05, 3.63) is 23.8 Å². The minimum atomic E-state index is 0.0908. The van der Waals surface area contributed by atoms with Crippen LogP contribution in [0.15, 0.2) is 23.3 Å². The Morgan fingerprint density at radius 1 is 1.52 bits per heavy atom. The van der Waals surface area contributed by atoms with Gasteiger partial charge in [-0.2, -0.15) is 10.4 Å². The van der Waals surface area contributed by atoms with Gasteiger partial charge in [-0.15, -0.1) is 0 Å². The molecule has 21 heavy (non-hydrogen) atoms. The van der Waals surface area contributed by atoms with Crippen molar-refractivity contribution in [3.8, 4) is 17.6 Å². The summed E-state index contributed by atoms with van der Waals surface area (Å²) in [7, 11) is 1.58. The van der Waals surface area contributed by atoms with Crippen LogP contribution < -0.4 is 20.6 Å². The predicted molar refractivity (Wildman–Crippen MR) is 85.5 cm³/mol. The molecule has 0 saturated heterocycles. The number of nitrogens with one attached hydrogen (secondary N) is 1. The van der Waals surface area contributed by atoms with E-state index in [0.29, 0.717) is 24.5 Å². The van der Waals surface area contributed by atoms with Gasteiger partial charge in [-0.05, 0) is 37.2 Å². The summed E-state index contributed by atoms with van der Waals surface area (Å²) in [6, 6.07) is 7.60. The lowest BCUT2D eigenvalue weighted by Crippen LogP contribution is -2.24. The van der Waals surface area contributed by atoms with Gasteiger partial charge < -0.3 is 15.2 Å². The Balaban J connectivity index is 2.75. The number of ether oxygens (including phenoxy) is 2. The highest BCUT2D eigenvalue weighted by atomic mass is 32.1. The molecule has 0 radical (unpaired) electrons. The fourth-order valence-corrected chi connectivity index (χ4v) is 1.65. The van der Waals surface area contributed by atoms with Crippen LogP contribution in [-0.2, 0) is 0 Å². The summed E-state index contributed by atoms with van der Waals surface area (Å²) in [6.07, 6.45) is 3.69. The highest BCUT2D eigenvalue weighted by Crippen LogP contribution is 2.30. The summed E-state index contributed by atoms with van der Waals surface area (Å²) in [5, 5.41) is 12.5. The molecule has 1 rings (SSSR count). The van der Waals surface area contributed by atoms with Gasteiger partial charge in [-0.25, -0.2) is 0 Å². The summed E-state index contributed by atoms with van der Waals surface area (Å²) in [5.74, 6) is 1.22. The molecule has 7 heteroatoms. The van der Waals surface area contributed by atoms with E-state index in [1.165, 1.54) is 0 Å². The van der Waals surface area contributed by atoms with Crippen LogP contribution in [0, 0.1) is 11.3 Å². The average molecular weight is 306 g/mol. The van der Waals surface area contributed by atoms with E-state index in [2.05, 4.69) is 28.8 Å². The van der Waals surface area contributed by atoms with Crippen LogP contribution in [-0.4, -0.2) is 25.0 Å². The van der Waals surface area contributed by atoms with E-state index in [0.717, 1.165) is 18.4 Å². The van der Waals surface area contributed by atoms with Crippen molar-refractivity contribution < 1.29 is 9.47 Å². The SMILES string of the molecule is COc1cccc(C=NNC(N)=S)c1OCCCCC#N. The molecule has 0 aromatic heterocycles. The van der Waals surface area contributed by atoms with Gasteiger partial charge in [0.25, 0.3) is 0 Å². The monoisotopic (exact) mass is 306 g/mol. The highest BCUT2D eigenvalue weighted by molar-refractivity contribution is 7.80. The van der Waals surface area contributed by atoms with Gasteiger partial charge in [0.05, 0.1) is 26.0 Å². The van der Waals surface area contributed by atoms with Gasteiger partial charge in [-0.1, -0.05) is 6.07 Å². The number of rotatable bonds is 8. The number of unbranched alkanes of at least 4 members (excludes halogenated alkanes) is 2. The quantitative estimate of drug-likeness (QED) is 0.330. The summed E-state index contributed by atoms with van der Waals surface area (Å²) in [5.41, 5.74) is 8.54. The predicted octanol–water partition coefficient (Wildman–Crippen LogP) is 1.93. The second-order valence-corrected chi connectivity index (χ2v) is 4.52. The third-order valence-electron chi connectivity index (χ3n) is 2.54. The molecule has 112 valence electrons. The van der Waals surface area contributed by atoms with Crippen LogP contribution in [0.1, 0.15) is 24.8 Å². The molecule has 3 N–H and O–H groups in total. The fourth-order valence-electron chi connectivity index (χ4n) is 1.60. The number of nitrogens with two attached hydrogens (primary N) is 1. The minimum Gasteiger partial charge on any atom is -0.493 e. The lowest BCUT2D eigenvalue weighted by atomic mass is 10.2. The first kappa shape index (κ1) is 16.7. The number of hydrogen-bond acceptors (Lipinski definition) is 5. The zero-order valence-electron chi connectivity index (χ0n) is 11.8. The Morgan fingerprint density at radius 3 is 3.00 bits per heavy atom. The first-order valence-electron chi connectivity index (χ1n) is 6.44. The second-order valence-electron chi connectivity index (χ2n) is 4.08. The van der Waals surface area contributed by atoms with Crippen LogP contribution >= 0.6 is 12.2 Å². The molecule has 1 aromatic rings. The fraction of sp³-hybridized carbons (Fsp3) is 0.357. The maximum absolute atomic E-state index is 8.49. The van der Waals surface area contributed by atoms with E-state index in [1.807, 2.05) is 18.2 Å². The van der Waals surface area contributed by atoms with E-state index in [-0.39, 0.29) is 5.11 Å². The van der Waals surface area contributed by atoms with Crippen LogP contribution in [0.5, 0.6) is 11.5 Å². The van der Waals surface area contributed by atoms with Crippen molar-refractivity contribution in [2.45, 2.75) is 19.3 Å². The third-order valence-corrected chi connectivity index (χ3v) is 2.63. The zero-order valence-corrected chi connectivity index (χ0v) is 12.7. The normalized spacial score (nSPS) is 10.1. The number of nitrogens with zero attached hydrogens (tertiary/aromatic N) is 2. The molecule has 0 heterocycles. The van der Waals surface area contributed by atoms with Gasteiger partial charge >= 0.3 is 0 Å². The van der Waals surface area contributed by atoms with E-state index in [1.54, 1.807) is 13.3 Å². The molecule has 0 fully saturated rings. The Morgan fingerprint density at radius 2 is 2.33 bits per heavy atom.